The topological polar surface area (TPSA) is 64.6 Å². The number of hydrogen-bond acceptors (Lipinski definition) is 4. The van der Waals surface area contributed by atoms with Crippen LogP contribution in [0.15, 0.2) is 42.5 Å². The Balaban J connectivity index is 2.44. The van der Waals surface area contributed by atoms with Crippen LogP contribution in [0.3, 0.4) is 0 Å². The van der Waals surface area contributed by atoms with Gasteiger partial charge in [0.25, 0.3) is 0 Å². The number of carbonyl (C=O) groups is 2. The summed E-state index contributed by atoms with van der Waals surface area (Å²) in [5, 5.41) is 2.90. The van der Waals surface area contributed by atoms with Crippen molar-refractivity contribution in [1.82, 2.24) is 5.32 Å². The maximum atomic E-state index is 12.0. The number of unbranched alkanes of at least 4 members (excludes halogenated alkanes) is 2. The van der Waals surface area contributed by atoms with Gasteiger partial charge in [-0.05, 0) is 49.8 Å². The predicted molar refractivity (Wildman–Crippen MR) is 108 cm³/mol. The van der Waals surface area contributed by atoms with Crippen LogP contribution < -0.4 is 14.8 Å². The lowest BCUT2D eigenvalue weighted by Crippen LogP contribution is -2.22. The summed E-state index contributed by atoms with van der Waals surface area (Å²) >= 11 is 0. The molecule has 0 saturated carbocycles. The van der Waals surface area contributed by atoms with Crippen LogP contribution in [0.5, 0.6) is 11.5 Å². The maximum absolute atomic E-state index is 12.0. The molecule has 0 aliphatic carbocycles. The Kier molecular flexibility index (Phi) is 9.94. The molecule has 0 aliphatic rings. The molecule has 1 rings (SSSR count). The van der Waals surface area contributed by atoms with E-state index in [1.54, 1.807) is 25.1 Å². The zero-order chi connectivity index (χ0) is 20.2. The van der Waals surface area contributed by atoms with Crippen molar-refractivity contribution in [2.75, 3.05) is 7.11 Å². The highest BCUT2D eigenvalue weighted by atomic mass is 16.6. The highest BCUT2D eigenvalue weighted by Gasteiger charge is 2.11. The summed E-state index contributed by atoms with van der Waals surface area (Å²) in [7, 11) is 1.50. The summed E-state index contributed by atoms with van der Waals surface area (Å²) in [5.74, 6) is 0.862. The largest absolute Gasteiger partial charge is 0.493 e. The van der Waals surface area contributed by atoms with Gasteiger partial charge in [0.15, 0.2) is 11.5 Å². The van der Waals surface area contributed by atoms with E-state index in [9.17, 15) is 9.59 Å². The highest BCUT2D eigenvalue weighted by molar-refractivity contribution is 5.89. The number of ether oxygens (including phenoxy) is 2. The first-order chi connectivity index (χ1) is 12.8. The summed E-state index contributed by atoms with van der Waals surface area (Å²) < 4.78 is 10.5. The van der Waals surface area contributed by atoms with Crippen molar-refractivity contribution in [1.29, 1.82) is 0 Å². The normalized spacial score (nSPS) is 10.9. The minimum atomic E-state index is -0.502. The molecule has 27 heavy (non-hydrogen) atoms. The van der Waals surface area contributed by atoms with Crippen LogP contribution >= 0.6 is 0 Å². The molecular weight excluding hydrogens is 342 g/mol. The zero-order valence-electron chi connectivity index (χ0n) is 16.8. The molecule has 1 aromatic carbocycles. The molecule has 0 atom stereocenters. The highest BCUT2D eigenvalue weighted by Crippen LogP contribution is 2.28. The molecule has 0 aromatic heterocycles. The van der Waals surface area contributed by atoms with Crippen LogP contribution in [-0.2, 0) is 16.1 Å². The van der Waals surface area contributed by atoms with Gasteiger partial charge in [-0.25, -0.2) is 4.79 Å². The first kappa shape index (κ1) is 22.5. The molecule has 148 valence electrons. The molecule has 5 heteroatoms. The van der Waals surface area contributed by atoms with Gasteiger partial charge in [0.05, 0.1) is 7.11 Å². The maximum Gasteiger partial charge on any atom is 0.338 e. The number of nitrogens with one attached hydrogen (secondary N) is 1. The van der Waals surface area contributed by atoms with Crippen LogP contribution in [0.4, 0.5) is 0 Å². The second kappa shape index (κ2) is 11.9. The smallest absolute Gasteiger partial charge is 0.338 e. The average Bonchev–Trinajstić information content (AvgIpc) is 2.63. The summed E-state index contributed by atoms with van der Waals surface area (Å²) in [6.45, 7) is 9.84. The predicted octanol–water partition coefficient (Wildman–Crippen LogP) is 4.57. The van der Waals surface area contributed by atoms with Gasteiger partial charge in [0, 0.05) is 18.5 Å². The van der Waals surface area contributed by atoms with E-state index in [0.717, 1.165) is 24.8 Å². The minimum Gasteiger partial charge on any atom is -0.493 e. The molecule has 0 unspecified atom stereocenters. The van der Waals surface area contributed by atoms with E-state index in [0.29, 0.717) is 36.0 Å². The van der Waals surface area contributed by atoms with Gasteiger partial charge in [-0.3, -0.25) is 4.79 Å². The lowest BCUT2D eigenvalue weighted by atomic mass is 10.1. The van der Waals surface area contributed by atoms with Gasteiger partial charge < -0.3 is 14.8 Å². The van der Waals surface area contributed by atoms with Crippen molar-refractivity contribution in [3.63, 3.8) is 0 Å². The number of allylic oxidation sites excluding steroid dienone is 2. The number of hydrogen-bond donors (Lipinski definition) is 1. The standard InChI is InChI=1S/C22H31NO4/c1-16(2)10-8-6-7-9-11-21(24)23-15-18-12-13-19(20(14-18)26-5)27-22(25)17(3)4/h8,10,12-14,16H,3,6-7,9,11,15H2,1-2,4-5H3,(H,23,24)/b10-8+. The van der Waals surface area contributed by atoms with Gasteiger partial charge in [0.1, 0.15) is 0 Å². The van der Waals surface area contributed by atoms with E-state index in [2.05, 4.69) is 37.9 Å². The number of methoxy groups -OCH3 is 1. The molecule has 1 N–H and O–H groups in total. The van der Waals surface area contributed by atoms with Crippen molar-refractivity contribution in [3.05, 3.63) is 48.1 Å². The molecule has 1 amide bonds. The zero-order valence-corrected chi connectivity index (χ0v) is 16.8. The van der Waals surface area contributed by atoms with Crippen LogP contribution in [0, 0.1) is 5.92 Å². The number of rotatable bonds is 11. The molecule has 0 radical (unpaired) electrons. The van der Waals surface area contributed by atoms with E-state index in [1.165, 1.54) is 7.11 Å². The van der Waals surface area contributed by atoms with Gasteiger partial charge >= 0.3 is 5.97 Å². The Morgan fingerprint density at radius 3 is 2.59 bits per heavy atom. The number of carbonyl (C=O) groups excluding carboxylic acids is 2. The van der Waals surface area contributed by atoms with Gasteiger partial charge in [-0.1, -0.05) is 38.6 Å². The lowest BCUT2D eigenvalue weighted by molar-refractivity contribution is -0.130. The van der Waals surface area contributed by atoms with Crippen LogP contribution in [0.25, 0.3) is 0 Å². The first-order valence-electron chi connectivity index (χ1n) is 9.31. The summed E-state index contributed by atoms with van der Waals surface area (Å²) in [5.41, 5.74) is 1.18. The van der Waals surface area contributed by atoms with Gasteiger partial charge in [-0.2, -0.15) is 0 Å². The van der Waals surface area contributed by atoms with Crippen molar-refractivity contribution in [2.24, 2.45) is 5.92 Å². The second-order valence-corrected chi connectivity index (χ2v) is 6.85. The number of benzene rings is 1. The van der Waals surface area contributed by atoms with E-state index >= 15 is 0 Å². The van der Waals surface area contributed by atoms with E-state index < -0.39 is 5.97 Å². The molecule has 0 spiro atoms. The van der Waals surface area contributed by atoms with Crippen LogP contribution in [-0.4, -0.2) is 19.0 Å². The van der Waals surface area contributed by atoms with Gasteiger partial charge in [0.2, 0.25) is 5.91 Å². The van der Waals surface area contributed by atoms with Crippen molar-refractivity contribution < 1.29 is 19.1 Å². The van der Waals surface area contributed by atoms with Crippen molar-refractivity contribution >= 4 is 11.9 Å². The average molecular weight is 373 g/mol. The molecule has 0 fully saturated rings. The first-order valence-corrected chi connectivity index (χ1v) is 9.31. The number of amides is 1. The molecule has 0 bridgehead atoms. The molecular formula is C22H31NO4. The SMILES string of the molecule is C=C(C)C(=O)Oc1ccc(CNC(=O)CCCC/C=C/C(C)C)cc1OC. The molecule has 0 aliphatic heterocycles. The Hall–Kier alpha value is -2.56. The fourth-order valence-corrected chi connectivity index (χ4v) is 2.30. The third kappa shape index (κ3) is 9.08. The fourth-order valence-electron chi connectivity index (χ4n) is 2.30. The molecule has 1 aromatic rings. The van der Waals surface area contributed by atoms with Crippen LogP contribution in [0.2, 0.25) is 0 Å². The summed E-state index contributed by atoms with van der Waals surface area (Å²) in [4.78, 5) is 23.6. The molecule has 0 saturated heterocycles. The second-order valence-electron chi connectivity index (χ2n) is 6.85. The van der Waals surface area contributed by atoms with Crippen LogP contribution in [0.1, 0.15) is 52.0 Å². The summed E-state index contributed by atoms with van der Waals surface area (Å²) in [6.07, 6.45) is 7.76. The lowest BCUT2D eigenvalue weighted by Gasteiger charge is -2.11. The summed E-state index contributed by atoms with van der Waals surface area (Å²) in [6, 6.07) is 5.20. The Labute approximate surface area is 162 Å². The molecule has 0 heterocycles. The van der Waals surface area contributed by atoms with E-state index in [-0.39, 0.29) is 5.91 Å². The minimum absolute atomic E-state index is 0.0274. The van der Waals surface area contributed by atoms with E-state index in [1.807, 2.05) is 0 Å². The Morgan fingerprint density at radius 1 is 1.22 bits per heavy atom. The van der Waals surface area contributed by atoms with Gasteiger partial charge in [-0.15, -0.1) is 0 Å². The van der Waals surface area contributed by atoms with Crippen molar-refractivity contribution in [3.8, 4) is 11.5 Å². The van der Waals surface area contributed by atoms with Crippen molar-refractivity contribution in [2.45, 2.75) is 53.0 Å². The quantitative estimate of drug-likeness (QED) is 0.203. The third-order valence-corrected chi connectivity index (χ3v) is 3.81. The Morgan fingerprint density at radius 2 is 1.96 bits per heavy atom. The molecule has 5 nitrogen and oxygen atoms in total. The van der Waals surface area contributed by atoms with E-state index in [4.69, 9.17) is 9.47 Å². The fraction of sp³-hybridized carbons (Fsp3) is 0.455. The number of esters is 1. The Bertz CT molecular complexity index is 677. The third-order valence-electron chi connectivity index (χ3n) is 3.81. The monoisotopic (exact) mass is 373 g/mol.